The molecule has 0 aliphatic carbocycles. The Labute approximate surface area is 113 Å². The second kappa shape index (κ2) is 6.03. The van der Waals surface area contributed by atoms with Crippen molar-refractivity contribution in [2.24, 2.45) is 0 Å². The van der Waals surface area contributed by atoms with E-state index < -0.39 is 0 Å². The van der Waals surface area contributed by atoms with Gasteiger partial charge in [0, 0.05) is 16.3 Å². The van der Waals surface area contributed by atoms with E-state index in [1.807, 2.05) is 17.4 Å². The Kier molecular flexibility index (Phi) is 4.39. The Morgan fingerprint density at radius 1 is 1.22 bits per heavy atom. The number of nitrogens with one attached hydrogen (secondary N) is 1. The van der Waals surface area contributed by atoms with Crippen LogP contribution in [0.25, 0.3) is 10.4 Å². The van der Waals surface area contributed by atoms with Crippen molar-refractivity contribution in [1.29, 1.82) is 0 Å². The van der Waals surface area contributed by atoms with Crippen LogP contribution in [0.3, 0.4) is 0 Å². The molecule has 0 fully saturated rings. The summed E-state index contributed by atoms with van der Waals surface area (Å²) >= 11 is 1.83. The van der Waals surface area contributed by atoms with Gasteiger partial charge in [-0.3, -0.25) is 0 Å². The SMILES string of the molecule is CCNCc1cc(OC)ccc1-c1ccc(C)s1. The van der Waals surface area contributed by atoms with E-state index in [1.165, 1.54) is 20.9 Å². The fourth-order valence-corrected chi connectivity index (χ4v) is 2.85. The van der Waals surface area contributed by atoms with Gasteiger partial charge in [-0.15, -0.1) is 11.3 Å². The van der Waals surface area contributed by atoms with Crippen LogP contribution >= 0.6 is 11.3 Å². The molecule has 0 radical (unpaired) electrons. The van der Waals surface area contributed by atoms with E-state index in [0.717, 1.165) is 18.8 Å². The summed E-state index contributed by atoms with van der Waals surface area (Å²) in [7, 11) is 1.71. The van der Waals surface area contributed by atoms with Gasteiger partial charge in [-0.05, 0) is 54.9 Å². The first kappa shape index (κ1) is 13.1. The minimum atomic E-state index is 0.875. The van der Waals surface area contributed by atoms with E-state index in [1.54, 1.807) is 7.11 Å². The highest BCUT2D eigenvalue weighted by Gasteiger charge is 2.08. The Hall–Kier alpha value is -1.32. The van der Waals surface area contributed by atoms with Crippen molar-refractivity contribution in [1.82, 2.24) is 5.32 Å². The molecule has 3 heteroatoms. The molecule has 96 valence electrons. The summed E-state index contributed by atoms with van der Waals surface area (Å²) in [5, 5.41) is 3.38. The van der Waals surface area contributed by atoms with Crippen LogP contribution in [0.2, 0.25) is 0 Å². The molecule has 0 amide bonds. The molecule has 0 aliphatic heterocycles. The minimum Gasteiger partial charge on any atom is -0.497 e. The maximum atomic E-state index is 5.31. The first-order chi connectivity index (χ1) is 8.74. The number of thiophene rings is 1. The number of hydrogen-bond donors (Lipinski definition) is 1. The number of benzene rings is 1. The molecule has 0 atom stereocenters. The van der Waals surface area contributed by atoms with E-state index in [-0.39, 0.29) is 0 Å². The van der Waals surface area contributed by atoms with Crippen LogP contribution in [-0.2, 0) is 6.54 Å². The summed E-state index contributed by atoms with van der Waals surface area (Å²) in [6, 6.07) is 10.7. The van der Waals surface area contributed by atoms with Crippen molar-refractivity contribution in [3.63, 3.8) is 0 Å². The lowest BCUT2D eigenvalue weighted by Crippen LogP contribution is -2.12. The molecule has 1 aromatic heterocycles. The van der Waals surface area contributed by atoms with Crippen LogP contribution in [-0.4, -0.2) is 13.7 Å². The van der Waals surface area contributed by atoms with Gasteiger partial charge in [0.15, 0.2) is 0 Å². The number of aryl methyl sites for hydroxylation is 1. The Bertz CT molecular complexity index is 519. The van der Waals surface area contributed by atoms with E-state index in [2.05, 4.69) is 43.4 Å². The Morgan fingerprint density at radius 3 is 2.67 bits per heavy atom. The van der Waals surface area contributed by atoms with Crippen molar-refractivity contribution < 1.29 is 4.74 Å². The van der Waals surface area contributed by atoms with Crippen LogP contribution in [0.1, 0.15) is 17.4 Å². The molecule has 2 aromatic rings. The van der Waals surface area contributed by atoms with Gasteiger partial charge in [0.25, 0.3) is 0 Å². The fourth-order valence-electron chi connectivity index (χ4n) is 1.92. The molecule has 2 nitrogen and oxygen atoms in total. The van der Waals surface area contributed by atoms with E-state index in [9.17, 15) is 0 Å². The van der Waals surface area contributed by atoms with Crippen molar-refractivity contribution in [2.45, 2.75) is 20.4 Å². The third-order valence-electron chi connectivity index (χ3n) is 2.88. The molecule has 0 spiro atoms. The molecule has 18 heavy (non-hydrogen) atoms. The first-order valence-corrected chi connectivity index (χ1v) is 7.00. The Morgan fingerprint density at radius 2 is 2.06 bits per heavy atom. The average Bonchev–Trinajstić information content (AvgIpc) is 2.82. The topological polar surface area (TPSA) is 21.3 Å². The molecule has 0 bridgehead atoms. The zero-order valence-electron chi connectivity index (χ0n) is 11.1. The molecule has 2 rings (SSSR count). The highest BCUT2D eigenvalue weighted by atomic mass is 32.1. The lowest BCUT2D eigenvalue weighted by atomic mass is 10.1. The number of rotatable bonds is 5. The molecule has 0 saturated carbocycles. The van der Waals surface area contributed by atoms with Crippen molar-refractivity contribution in [3.05, 3.63) is 40.8 Å². The zero-order valence-corrected chi connectivity index (χ0v) is 11.9. The second-order valence-corrected chi connectivity index (χ2v) is 5.50. The van der Waals surface area contributed by atoms with Crippen molar-refractivity contribution in [2.75, 3.05) is 13.7 Å². The average molecular weight is 261 g/mol. The summed E-state index contributed by atoms with van der Waals surface area (Å²) in [5.41, 5.74) is 2.59. The van der Waals surface area contributed by atoms with Gasteiger partial charge in [-0.1, -0.05) is 6.92 Å². The largest absolute Gasteiger partial charge is 0.497 e. The molecule has 0 saturated heterocycles. The lowest BCUT2D eigenvalue weighted by Gasteiger charge is -2.10. The predicted octanol–water partition coefficient (Wildman–Crippen LogP) is 3.84. The Balaban J connectivity index is 2.38. The van der Waals surface area contributed by atoms with Gasteiger partial charge in [-0.2, -0.15) is 0 Å². The zero-order chi connectivity index (χ0) is 13.0. The first-order valence-electron chi connectivity index (χ1n) is 6.19. The molecule has 1 N–H and O–H groups in total. The molecule has 1 aromatic carbocycles. The van der Waals surface area contributed by atoms with Gasteiger partial charge < -0.3 is 10.1 Å². The van der Waals surface area contributed by atoms with Crippen LogP contribution in [0.15, 0.2) is 30.3 Å². The van der Waals surface area contributed by atoms with E-state index in [4.69, 9.17) is 4.74 Å². The standard InChI is InChI=1S/C15H19NOS/c1-4-16-10-12-9-13(17-3)6-7-14(12)15-8-5-11(2)18-15/h5-9,16H,4,10H2,1-3H3. The summed E-state index contributed by atoms with van der Waals surface area (Å²) < 4.78 is 5.31. The van der Waals surface area contributed by atoms with Gasteiger partial charge >= 0.3 is 0 Å². The number of ether oxygens (including phenoxy) is 1. The molecule has 0 aliphatic rings. The molecular weight excluding hydrogens is 242 g/mol. The van der Waals surface area contributed by atoms with Gasteiger partial charge in [0.2, 0.25) is 0 Å². The van der Waals surface area contributed by atoms with Crippen LogP contribution in [0.5, 0.6) is 5.75 Å². The third kappa shape index (κ3) is 2.92. The van der Waals surface area contributed by atoms with Crippen molar-refractivity contribution >= 4 is 11.3 Å². The molecule has 0 unspecified atom stereocenters. The van der Waals surface area contributed by atoms with Gasteiger partial charge in [0.05, 0.1) is 7.11 Å². The monoisotopic (exact) mass is 261 g/mol. The highest BCUT2D eigenvalue weighted by Crippen LogP contribution is 2.32. The third-order valence-corrected chi connectivity index (χ3v) is 3.92. The van der Waals surface area contributed by atoms with E-state index >= 15 is 0 Å². The van der Waals surface area contributed by atoms with Gasteiger partial charge in [-0.25, -0.2) is 0 Å². The maximum absolute atomic E-state index is 5.31. The quantitative estimate of drug-likeness (QED) is 0.883. The summed E-state index contributed by atoms with van der Waals surface area (Å²) in [4.78, 5) is 2.67. The minimum absolute atomic E-state index is 0.875. The van der Waals surface area contributed by atoms with Gasteiger partial charge in [0.1, 0.15) is 5.75 Å². The number of methoxy groups -OCH3 is 1. The van der Waals surface area contributed by atoms with Crippen LogP contribution in [0, 0.1) is 6.92 Å². The molecule has 1 heterocycles. The van der Waals surface area contributed by atoms with E-state index in [0.29, 0.717) is 0 Å². The summed E-state index contributed by atoms with van der Waals surface area (Å²) in [5.74, 6) is 0.917. The second-order valence-electron chi connectivity index (χ2n) is 4.21. The fraction of sp³-hybridized carbons (Fsp3) is 0.333. The number of hydrogen-bond acceptors (Lipinski definition) is 3. The van der Waals surface area contributed by atoms with Crippen LogP contribution in [0.4, 0.5) is 0 Å². The van der Waals surface area contributed by atoms with Crippen molar-refractivity contribution in [3.8, 4) is 16.2 Å². The lowest BCUT2D eigenvalue weighted by molar-refractivity contribution is 0.414. The maximum Gasteiger partial charge on any atom is 0.119 e. The van der Waals surface area contributed by atoms with Crippen LogP contribution < -0.4 is 10.1 Å². The predicted molar refractivity (Wildman–Crippen MR) is 78.4 cm³/mol. The highest BCUT2D eigenvalue weighted by molar-refractivity contribution is 7.15. The summed E-state index contributed by atoms with van der Waals surface area (Å²) in [6.07, 6.45) is 0. The normalized spacial score (nSPS) is 10.6. The summed E-state index contributed by atoms with van der Waals surface area (Å²) in [6.45, 7) is 6.11. The smallest absolute Gasteiger partial charge is 0.119 e. The molecular formula is C15H19NOS.